The maximum Gasteiger partial charge on any atom is 0.228 e. The molecule has 1 atom stereocenters. The highest BCUT2D eigenvalue weighted by atomic mass is 16.5. The van der Waals surface area contributed by atoms with Gasteiger partial charge < -0.3 is 15.0 Å². The zero-order chi connectivity index (χ0) is 15.8. The average Bonchev–Trinajstić information content (AvgIpc) is 2.55. The summed E-state index contributed by atoms with van der Waals surface area (Å²) >= 11 is 0. The van der Waals surface area contributed by atoms with Crippen LogP contribution >= 0.6 is 0 Å². The highest BCUT2D eigenvalue weighted by molar-refractivity contribution is 5.92. The number of anilines is 1. The molecule has 1 aliphatic rings. The van der Waals surface area contributed by atoms with Crippen molar-refractivity contribution < 1.29 is 9.53 Å². The molecule has 2 rings (SSSR count). The Morgan fingerprint density at radius 3 is 2.91 bits per heavy atom. The van der Waals surface area contributed by atoms with E-state index in [2.05, 4.69) is 16.3 Å². The predicted octanol–water partition coefficient (Wildman–Crippen LogP) is 2.65. The summed E-state index contributed by atoms with van der Waals surface area (Å²) in [4.78, 5) is 14.6. The molecule has 0 bridgehead atoms. The first kappa shape index (κ1) is 16.3. The van der Waals surface area contributed by atoms with Crippen molar-refractivity contribution in [1.29, 1.82) is 5.26 Å². The molecule has 5 heteroatoms. The first-order valence-electron chi connectivity index (χ1n) is 7.86. The number of nitrogens with zero attached hydrogens (tertiary/aromatic N) is 2. The highest BCUT2D eigenvalue weighted by Crippen LogP contribution is 2.20. The van der Waals surface area contributed by atoms with Crippen molar-refractivity contribution in [3.8, 4) is 11.8 Å². The van der Waals surface area contributed by atoms with Gasteiger partial charge in [0, 0.05) is 25.2 Å². The Kier molecular flexibility index (Phi) is 6.23. The van der Waals surface area contributed by atoms with Gasteiger partial charge in [0.25, 0.3) is 0 Å². The number of piperidine rings is 1. The van der Waals surface area contributed by atoms with Crippen molar-refractivity contribution in [1.82, 2.24) is 4.90 Å². The number of nitrogens with one attached hydrogen (secondary N) is 1. The Balaban J connectivity index is 1.87. The quantitative estimate of drug-likeness (QED) is 0.877. The van der Waals surface area contributed by atoms with E-state index in [0.29, 0.717) is 13.0 Å². The number of nitriles is 1. The molecular formula is C17H23N3O2. The second-order valence-electron chi connectivity index (χ2n) is 5.49. The molecule has 0 aliphatic carbocycles. The van der Waals surface area contributed by atoms with Crippen LogP contribution in [0.1, 0.15) is 26.2 Å². The number of rotatable bonds is 6. The Hall–Kier alpha value is -2.06. The fourth-order valence-electron chi connectivity index (χ4n) is 2.73. The zero-order valence-corrected chi connectivity index (χ0v) is 13.0. The van der Waals surface area contributed by atoms with Crippen LogP contribution in [0.2, 0.25) is 0 Å². The van der Waals surface area contributed by atoms with Gasteiger partial charge in [-0.2, -0.15) is 5.26 Å². The van der Waals surface area contributed by atoms with Gasteiger partial charge in [-0.3, -0.25) is 4.79 Å². The van der Waals surface area contributed by atoms with Crippen LogP contribution < -0.4 is 10.1 Å². The third kappa shape index (κ3) is 4.74. The molecule has 1 aromatic carbocycles. The summed E-state index contributed by atoms with van der Waals surface area (Å²) in [6.45, 7) is 5.05. The lowest BCUT2D eigenvalue weighted by molar-refractivity contribution is -0.121. The third-order valence-corrected chi connectivity index (χ3v) is 3.85. The van der Waals surface area contributed by atoms with Crippen LogP contribution in [-0.2, 0) is 4.79 Å². The second kappa shape index (κ2) is 8.40. The van der Waals surface area contributed by atoms with Gasteiger partial charge in [0.1, 0.15) is 5.75 Å². The lowest BCUT2D eigenvalue weighted by Crippen LogP contribution is -2.41. The van der Waals surface area contributed by atoms with Gasteiger partial charge in [-0.1, -0.05) is 0 Å². The van der Waals surface area contributed by atoms with Crippen LogP contribution in [0.5, 0.6) is 5.75 Å². The van der Waals surface area contributed by atoms with Crippen molar-refractivity contribution in [2.45, 2.75) is 26.2 Å². The maximum absolute atomic E-state index is 12.4. The average molecular weight is 301 g/mol. The molecule has 1 aliphatic heterocycles. The first-order valence-corrected chi connectivity index (χ1v) is 7.86. The lowest BCUT2D eigenvalue weighted by Gasteiger charge is -2.31. The van der Waals surface area contributed by atoms with Crippen molar-refractivity contribution in [2.24, 2.45) is 5.92 Å². The predicted molar refractivity (Wildman–Crippen MR) is 85.6 cm³/mol. The molecule has 22 heavy (non-hydrogen) atoms. The van der Waals surface area contributed by atoms with E-state index >= 15 is 0 Å². The minimum Gasteiger partial charge on any atom is -0.494 e. The van der Waals surface area contributed by atoms with E-state index < -0.39 is 0 Å². The smallest absolute Gasteiger partial charge is 0.228 e. The first-order chi connectivity index (χ1) is 10.7. The minimum atomic E-state index is -0.000916. The van der Waals surface area contributed by atoms with Crippen LogP contribution in [-0.4, -0.2) is 37.0 Å². The molecule has 5 nitrogen and oxygen atoms in total. The molecule has 1 amide bonds. The molecule has 0 saturated carbocycles. The van der Waals surface area contributed by atoms with Gasteiger partial charge in [0.15, 0.2) is 0 Å². The van der Waals surface area contributed by atoms with Gasteiger partial charge in [-0.15, -0.1) is 0 Å². The normalized spacial score (nSPS) is 18.5. The van der Waals surface area contributed by atoms with Crippen molar-refractivity contribution in [3.05, 3.63) is 24.3 Å². The van der Waals surface area contributed by atoms with E-state index in [1.165, 1.54) is 0 Å². The SMILES string of the molecule is CCOc1ccc(NC(=O)C2CCCN(CCC#N)C2)cc1. The van der Waals surface area contributed by atoms with Crippen LogP contribution in [0, 0.1) is 17.2 Å². The Labute approximate surface area is 131 Å². The van der Waals surface area contributed by atoms with Gasteiger partial charge in [-0.05, 0) is 50.6 Å². The molecule has 0 aromatic heterocycles. The van der Waals surface area contributed by atoms with Crippen molar-refractivity contribution in [2.75, 3.05) is 31.6 Å². The Morgan fingerprint density at radius 2 is 2.23 bits per heavy atom. The summed E-state index contributed by atoms with van der Waals surface area (Å²) in [5.74, 6) is 0.866. The van der Waals surface area contributed by atoms with Crippen LogP contribution in [0.15, 0.2) is 24.3 Å². The topological polar surface area (TPSA) is 65.4 Å². The fourth-order valence-corrected chi connectivity index (χ4v) is 2.73. The number of ether oxygens (including phenoxy) is 1. The van der Waals surface area contributed by atoms with E-state index in [-0.39, 0.29) is 11.8 Å². The standard InChI is InChI=1S/C17H23N3O2/c1-2-22-16-8-6-15(7-9-16)19-17(21)14-5-3-11-20(13-14)12-4-10-18/h6-9,14H,2-5,11-13H2,1H3,(H,19,21). The number of amides is 1. The number of benzene rings is 1. The zero-order valence-electron chi connectivity index (χ0n) is 13.0. The monoisotopic (exact) mass is 301 g/mol. The second-order valence-corrected chi connectivity index (χ2v) is 5.49. The molecule has 1 saturated heterocycles. The summed E-state index contributed by atoms with van der Waals surface area (Å²) in [6.07, 6.45) is 2.44. The molecular weight excluding hydrogens is 278 g/mol. The van der Waals surface area contributed by atoms with Gasteiger partial charge in [-0.25, -0.2) is 0 Å². The Morgan fingerprint density at radius 1 is 1.45 bits per heavy atom. The van der Waals surface area contributed by atoms with Crippen LogP contribution in [0.25, 0.3) is 0 Å². The molecule has 1 N–H and O–H groups in total. The molecule has 0 spiro atoms. The summed E-state index contributed by atoms with van der Waals surface area (Å²) in [7, 11) is 0. The van der Waals surface area contributed by atoms with E-state index in [9.17, 15) is 4.79 Å². The van der Waals surface area contributed by atoms with Gasteiger partial charge in [0.05, 0.1) is 18.6 Å². The molecule has 1 fully saturated rings. The summed E-state index contributed by atoms with van der Waals surface area (Å²) < 4.78 is 5.39. The third-order valence-electron chi connectivity index (χ3n) is 3.85. The number of carbonyl (C=O) groups is 1. The maximum atomic E-state index is 12.4. The van der Waals surface area contributed by atoms with E-state index in [4.69, 9.17) is 10.00 Å². The van der Waals surface area contributed by atoms with Gasteiger partial charge in [0.2, 0.25) is 5.91 Å². The highest BCUT2D eigenvalue weighted by Gasteiger charge is 2.25. The van der Waals surface area contributed by atoms with Gasteiger partial charge >= 0.3 is 0 Å². The minimum absolute atomic E-state index is 0.000916. The molecule has 1 heterocycles. The summed E-state index contributed by atoms with van der Waals surface area (Å²) in [5, 5.41) is 11.6. The molecule has 118 valence electrons. The van der Waals surface area contributed by atoms with Crippen molar-refractivity contribution >= 4 is 11.6 Å². The molecule has 1 aromatic rings. The van der Waals surface area contributed by atoms with Crippen LogP contribution in [0.3, 0.4) is 0 Å². The molecule has 0 radical (unpaired) electrons. The number of likely N-dealkylation sites (tertiary alicyclic amines) is 1. The largest absolute Gasteiger partial charge is 0.494 e. The van der Waals surface area contributed by atoms with Crippen molar-refractivity contribution in [3.63, 3.8) is 0 Å². The summed E-state index contributed by atoms with van der Waals surface area (Å²) in [6, 6.07) is 9.60. The summed E-state index contributed by atoms with van der Waals surface area (Å²) in [5.41, 5.74) is 0.794. The van der Waals surface area contributed by atoms with E-state index in [1.54, 1.807) is 0 Å². The van der Waals surface area contributed by atoms with Crippen LogP contribution in [0.4, 0.5) is 5.69 Å². The number of carbonyl (C=O) groups excluding carboxylic acids is 1. The molecule has 1 unspecified atom stereocenters. The van der Waals surface area contributed by atoms with E-state index in [1.807, 2.05) is 31.2 Å². The van der Waals surface area contributed by atoms with E-state index in [0.717, 1.165) is 43.9 Å². The fraction of sp³-hybridized carbons (Fsp3) is 0.529. The number of hydrogen-bond donors (Lipinski definition) is 1. The number of hydrogen-bond acceptors (Lipinski definition) is 4. The lowest BCUT2D eigenvalue weighted by atomic mass is 9.97. The Bertz CT molecular complexity index is 522.